The molecule has 4 unspecified atom stereocenters. The summed E-state index contributed by atoms with van der Waals surface area (Å²) >= 11 is 0. The van der Waals surface area contributed by atoms with Gasteiger partial charge in [-0.05, 0) is 11.8 Å². The van der Waals surface area contributed by atoms with Gasteiger partial charge in [0, 0.05) is 0 Å². The predicted octanol–water partition coefficient (Wildman–Crippen LogP) is -0.455. The SMILES string of the molecule is CCC(C)C(NC(=O)C(CC(=O)O)NC(=O)C(N)C(C)C)C(=O)O. The van der Waals surface area contributed by atoms with Gasteiger partial charge in [-0.2, -0.15) is 0 Å². The number of carboxylic acids is 2. The van der Waals surface area contributed by atoms with Crippen LogP contribution in [-0.2, 0) is 19.2 Å². The molecule has 0 spiro atoms. The number of amides is 2. The van der Waals surface area contributed by atoms with Crippen molar-refractivity contribution in [3.05, 3.63) is 0 Å². The number of hydrogen-bond donors (Lipinski definition) is 5. The van der Waals surface area contributed by atoms with Crippen molar-refractivity contribution in [2.24, 2.45) is 17.6 Å². The van der Waals surface area contributed by atoms with Crippen LogP contribution in [0.25, 0.3) is 0 Å². The van der Waals surface area contributed by atoms with E-state index in [0.717, 1.165) is 0 Å². The first-order valence-electron chi connectivity index (χ1n) is 7.82. The van der Waals surface area contributed by atoms with E-state index in [2.05, 4.69) is 10.6 Å². The van der Waals surface area contributed by atoms with Gasteiger partial charge in [0.15, 0.2) is 0 Å². The smallest absolute Gasteiger partial charge is 0.326 e. The average Bonchev–Trinajstić information content (AvgIpc) is 2.48. The van der Waals surface area contributed by atoms with Crippen molar-refractivity contribution in [2.75, 3.05) is 0 Å². The van der Waals surface area contributed by atoms with Crippen LogP contribution in [0.5, 0.6) is 0 Å². The molecular weight excluding hydrogens is 318 g/mol. The highest BCUT2D eigenvalue weighted by atomic mass is 16.4. The van der Waals surface area contributed by atoms with Gasteiger partial charge in [-0.15, -0.1) is 0 Å². The lowest BCUT2D eigenvalue weighted by Crippen LogP contribution is -2.56. The van der Waals surface area contributed by atoms with E-state index in [4.69, 9.17) is 10.8 Å². The van der Waals surface area contributed by atoms with Crippen molar-refractivity contribution in [1.29, 1.82) is 0 Å². The Morgan fingerprint density at radius 2 is 1.54 bits per heavy atom. The largest absolute Gasteiger partial charge is 0.481 e. The molecule has 4 atom stereocenters. The molecule has 0 saturated carbocycles. The summed E-state index contributed by atoms with van der Waals surface area (Å²) < 4.78 is 0. The minimum Gasteiger partial charge on any atom is -0.481 e. The van der Waals surface area contributed by atoms with Gasteiger partial charge in [0.2, 0.25) is 11.8 Å². The number of carbonyl (C=O) groups excluding carboxylic acids is 2. The Kier molecular flexibility index (Phi) is 8.97. The normalized spacial score (nSPS) is 15.9. The highest BCUT2D eigenvalue weighted by Gasteiger charge is 2.31. The number of rotatable bonds is 10. The summed E-state index contributed by atoms with van der Waals surface area (Å²) in [7, 11) is 0. The summed E-state index contributed by atoms with van der Waals surface area (Å²) in [6.45, 7) is 6.84. The molecule has 0 aliphatic carbocycles. The van der Waals surface area contributed by atoms with Crippen LogP contribution in [0.3, 0.4) is 0 Å². The highest BCUT2D eigenvalue weighted by molar-refractivity contribution is 5.94. The Labute approximate surface area is 141 Å². The minimum absolute atomic E-state index is 0.203. The average molecular weight is 345 g/mol. The Morgan fingerprint density at radius 3 is 1.92 bits per heavy atom. The maximum Gasteiger partial charge on any atom is 0.326 e. The summed E-state index contributed by atoms with van der Waals surface area (Å²) in [5, 5.41) is 22.7. The molecule has 0 radical (unpaired) electrons. The Hall–Kier alpha value is -2.16. The lowest BCUT2D eigenvalue weighted by atomic mass is 9.98. The third kappa shape index (κ3) is 6.95. The molecule has 138 valence electrons. The topological polar surface area (TPSA) is 159 Å². The molecule has 0 aliphatic rings. The molecule has 2 amide bonds. The quantitative estimate of drug-likeness (QED) is 0.358. The first-order valence-corrected chi connectivity index (χ1v) is 7.82. The van der Waals surface area contributed by atoms with Crippen molar-refractivity contribution in [3.8, 4) is 0 Å². The Bertz CT molecular complexity index is 480. The summed E-state index contributed by atoms with van der Waals surface area (Å²) in [5.41, 5.74) is 5.67. The van der Waals surface area contributed by atoms with Crippen LogP contribution in [0.15, 0.2) is 0 Å². The van der Waals surface area contributed by atoms with Crippen LogP contribution in [-0.4, -0.2) is 52.1 Å². The number of carboxylic acid groups (broad SMARTS) is 2. The number of carbonyl (C=O) groups is 4. The number of nitrogens with one attached hydrogen (secondary N) is 2. The summed E-state index contributed by atoms with van der Waals surface area (Å²) in [5.74, 6) is -4.62. The van der Waals surface area contributed by atoms with E-state index >= 15 is 0 Å². The van der Waals surface area contributed by atoms with Gasteiger partial charge in [-0.3, -0.25) is 14.4 Å². The lowest BCUT2D eigenvalue weighted by molar-refractivity contribution is -0.144. The first-order chi connectivity index (χ1) is 11.0. The lowest BCUT2D eigenvalue weighted by Gasteiger charge is -2.25. The first kappa shape index (κ1) is 21.8. The molecule has 0 saturated heterocycles. The standard InChI is InChI=1S/C15H27N3O6/c1-5-8(4)12(15(23)24)18-13(21)9(6-10(19)20)17-14(22)11(16)7(2)3/h7-9,11-12H,5-6,16H2,1-4H3,(H,17,22)(H,18,21)(H,19,20)(H,23,24). The molecule has 0 heterocycles. The van der Waals surface area contributed by atoms with Crippen molar-refractivity contribution >= 4 is 23.8 Å². The second-order valence-electron chi connectivity index (χ2n) is 6.14. The van der Waals surface area contributed by atoms with E-state index in [1.165, 1.54) is 0 Å². The zero-order valence-corrected chi connectivity index (χ0v) is 14.4. The van der Waals surface area contributed by atoms with E-state index in [-0.39, 0.29) is 11.8 Å². The van der Waals surface area contributed by atoms with E-state index in [9.17, 15) is 24.3 Å². The molecule has 24 heavy (non-hydrogen) atoms. The molecule has 0 aromatic carbocycles. The van der Waals surface area contributed by atoms with Crippen molar-refractivity contribution < 1.29 is 29.4 Å². The van der Waals surface area contributed by atoms with E-state index < -0.39 is 48.3 Å². The molecule has 0 aromatic rings. The fraction of sp³-hybridized carbons (Fsp3) is 0.733. The third-order valence-electron chi connectivity index (χ3n) is 3.81. The number of nitrogens with two attached hydrogens (primary N) is 1. The second-order valence-corrected chi connectivity index (χ2v) is 6.14. The third-order valence-corrected chi connectivity index (χ3v) is 3.81. The molecule has 0 aliphatic heterocycles. The summed E-state index contributed by atoms with van der Waals surface area (Å²) in [6, 6.07) is -3.47. The van der Waals surface area contributed by atoms with Gasteiger partial charge in [-0.1, -0.05) is 34.1 Å². The van der Waals surface area contributed by atoms with Crippen LogP contribution in [0, 0.1) is 11.8 Å². The predicted molar refractivity (Wildman–Crippen MR) is 86.0 cm³/mol. The fourth-order valence-corrected chi connectivity index (χ4v) is 1.89. The van der Waals surface area contributed by atoms with Crippen LogP contribution >= 0.6 is 0 Å². The van der Waals surface area contributed by atoms with Gasteiger partial charge in [0.05, 0.1) is 12.5 Å². The van der Waals surface area contributed by atoms with Gasteiger partial charge in [0.1, 0.15) is 12.1 Å². The maximum absolute atomic E-state index is 12.2. The van der Waals surface area contributed by atoms with Gasteiger partial charge in [0.25, 0.3) is 0 Å². The monoisotopic (exact) mass is 345 g/mol. The van der Waals surface area contributed by atoms with Crippen LogP contribution in [0.1, 0.15) is 40.5 Å². The highest BCUT2D eigenvalue weighted by Crippen LogP contribution is 2.09. The second kappa shape index (κ2) is 9.86. The number of hydrogen-bond acceptors (Lipinski definition) is 5. The number of aliphatic carboxylic acids is 2. The molecule has 9 heteroatoms. The van der Waals surface area contributed by atoms with Crippen molar-refractivity contribution in [1.82, 2.24) is 10.6 Å². The molecule has 6 N–H and O–H groups in total. The van der Waals surface area contributed by atoms with Crippen molar-refractivity contribution in [3.63, 3.8) is 0 Å². The minimum atomic E-state index is -1.40. The maximum atomic E-state index is 12.2. The van der Waals surface area contributed by atoms with Crippen LogP contribution in [0.4, 0.5) is 0 Å². The van der Waals surface area contributed by atoms with E-state index in [1.807, 2.05) is 0 Å². The van der Waals surface area contributed by atoms with Gasteiger partial charge in [-0.25, -0.2) is 4.79 Å². The summed E-state index contributed by atoms with van der Waals surface area (Å²) in [4.78, 5) is 46.4. The molecule has 0 aromatic heterocycles. The Morgan fingerprint density at radius 1 is 1.00 bits per heavy atom. The zero-order valence-electron chi connectivity index (χ0n) is 14.4. The Balaban J connectivity index is 5.15. The molecule has 0 bridgehead atoms. The van der Waals surface area contributed by atoms with Crippen molar-refractivity contribution in [2.45, 2.75) is 58.7 Å². The zero-order chi connectivity index (χ0) is 19.0. The van der Waals surface area contributed by atoms with Crippen LogP contribution < -0.4 is 16.4 Å². The van der Waals surface area contributed by atoms with Crippen LogP contribution in [0.2, 0.25) is 0 Å². The van der Waals surface area contributed by atoms with E-state index in [1.54, 1.807) is 27.7 Å². The van der Waals surface area contributed by atoms with Gasteiger partial charge < -0.3 is 26.6 Å². The molecule has 0 rings (SSSR count). The summed E-state index contributed by atoms with van der Waals surface area (Å²) in [6.07, 6.45) is -0.166. The van der Waals surface area contributed by atoms with E-state index in [0.29, 0.717) is 6.42 Å². The van der Waals surface area contributed by atoms with Gasteiger partial charge >= 0.3 is 11.9 Å². The molecule has 0 fully saturated rings. The fourth-order valence-electron chi connectivity index (χ4n) is 1.89. The molecular formula is C15H27N3O6. The molecule has 9 nitrogen and oxygen atoms in total.